The summed E-state index contributed by atoms with van der Waals surface area (Å²) in [6.07, 6.45) is 0.576. The lowest BCUT2D eigenvalue weighted by molar-refractivity contribution is -0.0262. The SMILES string of the molecule is CC1OCCC1(O)CNCc1ccc(CO)cc1. The van der Waals surface area contributed by atoms with Crippen molar-refractivity contribution in [2.45, 2.75) is 38.2 Å². The van der Waals surface area contributed by atoms with Crippen LogP contribution in [0.3, 0.4) is 0 Å². The quantitative estimate of drug-likeness (QED) is 0.724. The minimum absolute atomic E-state index is 0.0717. The predicted molar refractivity (Wildman–Crippen MR) is 69.1 cm³/mol. The Morgan fingerprint density at radius 2 is 2.00 bits per heavy atom. The standard InChI is InChI=1S/C14H21NO3/c1-11-14(17,6-7-18-11)10-15-8-12-2-4-13(9-16)5-3-12/h2-5,11,15-17H,6-10H2,1H3. The maximum Gasteiger partial charge on any atom is 0.105 e. The average Bonchev–Trinajstić information content (AvgIpc) is 2.71. The van der Waals surface area contributed by atoms with Gasteiger partial charge in [0.2, 0.25) is 0 Å². The van der Waals surface area contributed by atoms with Gasteiger partial charge in [-0.25, -0.2) is 0 Å². The van der Waals surface area contributed by atoms with Gasteiger partial charge in [0, 0.05) is 26.1 Å². The monoisotopic (exact) mass is 251 g/mol. The fourth-order valence-corrected chi connectivity index (χ4v) is 2.19. The van der Waals surface area contributed by atoms with Crippen LogP contribution in [-0.2, 0) is 17.9 Å². The van der Waals surface area contributed by atoms with Crippen molar-refractivity contribution in [3.8, 4) is 0 Å². The van der Waals surface area contributed by atoms with Gasteiger partial charge in [0.1, 0.15) is 5.60 Å². The van der Waals surface area contributed by atoms with Crippen LogP contribution in [0.2, 0.25) is 0 Å². The molecule has 4 heteroatoms. The van der Waals surface area contributed by atoms with Gasteiger partial charge in [-0.05, 0) is 18.1 Å². The molecule has 2 unspecified atom stereocenters. The maximum absolute atomic E-state index is 10.3. The number of benzene rings is 1. The molecule has 1 fully saturated rings. The highest BCUT2D eigenvalue weighted by Crippen LogP contribution is 2.24. The van der Waals surface area contributed by atoms with Crippen LogP contribution in [0.15, 0.2) is 24.3 Å². The third-order valence-electron chi connectivity index (χ3n) is 3.63. The van der Waals surface area contributed by atoms with Crippen LogP contribution >= 0.6 is 0 Å². The molecule has 2 rings (SSSR count). The summed E-state index contributed by atoms with van der Waals surface area (Å²) in [7, 11) is 0. The molecule has 1 aromatic rings. The van der Waals surface area contributed by atoms with E-state index in [9.17, 15) is 5.11 Å². The number of hydrogen-bond acceptors (Lipinski definition) is 4. The van der Waals surface area contributed by atoms with E-state index in [1.807, 2.05) is 31.2 Å². The largest absolute Gasteiger partial charge is 0.392 e. The van der Waals surface area contributed by atoms with Crippen LogP contribution < -0.4 is 5.32 Å². The van der Waals surface area contributed by atoms with Crippen LogP contribution in [0, 0.1) is 0 Å². The lowest BCUT2D eigenvalue weighted by Gasteiger charge is -2.26. The molecule has 0 amide bonds. The summed E-state index contributed by atoms with van der Waals surface area (Å²) in [6, 6.07) is 7.79. The van der Waals surface area contributed by atoms with Crippen molar-refractivity contribution >= 4 is 0 Å². The fourth-order valence-electron chi connectivity index (χ4n) is 2.19. The summed E-state index contributed by atoms with van der Waals surface area (Å²) in [5.74, 6) is 0. The van der Waals surface area contributed by atoms with Crippen molar-refractivity contribution in [3.63, 3.8) is 0 Å². The molecule has 100 valence electrons. The molecule has 18 heavy (non-hydrogen) atoms. The second-order valence-electron chi connectivity index (χ2n) is 4.94. The minimum atomic E-state index is -0.745. The molecule has 1 aliphatic heterocycles. The van der Waals surface area contributed by atoms with Crippen molar-refractivity contribution in [1.29, 1.82) is 0 Å². The van der Waals surface area contributed by atoms with Gasteiger partial charge in [0.05, 0.1) is 12.7 Å². The zero-order chi connectivity index (χ0) is 13.0. The Bertz CT molecular complexity index is 379. The van der Waals surface area contributed by atoms with Gasteiger partial charge in [-0.15, -0.1) is 0 Å². The average molecular weight is 251 g/mol. The van der Waals surface area contributed by atoms with Gasteiger partial charge in [0.15, 0.2) is 0 Å². The Hall–Kier alpha value is -0.940. The predicted octanol–water partition coefficient (Wildman–Crippen LogP) is 0.808. The summed E-state index contributed by atoms with van der Waals surface area (Å²) in [5, 5.41) is 22.5. The molecule has 1 aromatic carbocycles. The molecule has 1 saturated heterocycles. The molecule has 0 aliphatic carbocycles. The summed E-state index contributed by atoms with van der Waals surface area (Å²) >= 11 is 0. The smallest absolute Gasteiger partial charge is 0.105 e. The Kier molecular flexibility index (Phi) is 4.35. The fraction of sp³-hybridized carbons (Fsp3) is 0.571. The lowest BCUT2D eigenvalue weighted by atomic mass is 9.96. The van der Waals surface area contributed by atoms with Gasteiger partial charge in [-0.2, -0.15) is 0 Å². The normalized spacial score (nSPS) is 27.6. The molecule has 0 radical (unpaired) electrons. The Labute approximate surface area is 108 Å². The van der Waals surface area contributed by atoms with Crippen molar-refractivity contribution in [2.75, 3.05) is 13.2 Å². The van der Waals surface area contributed by atoms with Crippen LogP contribution in [-0.4, -0.2) is 35.1 Å². The van der Waals surface area contributed by atoms with Gasteiger partial charge in [0.25, 0.3) is 0 Å². The molecule has 0 spiro atoms. The maximum atomic E-state index is 10.3. The first-order valence-corrected chi connectivity index (χ1v) is 6.37. The molecular formula is C14H21NO3. The van der Waals surface area contributed by atoms with E-state index in [2.05, 4.69) is 5.32 Å². The second-order valence-corrected chi connectivity index (χ2v) is 4.94. The van der Waals surface area contributed by atoms with Gasteiger partial charge in [-0.3, -0.25) is 0 Å². The number of rotatable bonds is 5. The van der Waals surface area contributed by atoms with E-state index in [1.165, 1.54) is 0 Å². The molecular weight excluding hydrogens is 230 g/mol. The van der Waals surface area contributed by atoms with Crippen LogP contribution in [0.4, 0.5) is 0 Å². The molecule has 3 N–H and O–H groups in total. The number of aliphatic hydroxyl groups is 2. The first-order chi connectivity index (χ1) is 8.64. The Morgan fingerprint density at radius 3 is 2.56 bits per heavy atom. The molecule has 0 saturated carbocycles. The molecule has 1 heterocycles. The molecule has 1 aliphatic rings. The highest BCUT2D eigenvalue weighted by atomic mass is 16.5. The van der Waals surface area contributed by atoms with E-state index < -0.39 is 5.60 Å². The third-order valence-corrected chi connectivity index (χ3v) is 3.63. The zero-order valence-corrected chi connectivity index (χ0v) is 10.7. The number of ether oxygens (including phenoxy) is 1. The molecule has 0 bridgehead atoms. The lowest BCUT2D eigenvalue weighted by Crippen LogP contribution is -2.45. The van der Waals surface area contributed by atoms with Gasteiger partial charge < -0.3 is 20.3 Å². The number of nitrogens with one attached hydrogen (secondary N) is 1. The van der Waals surface area contributed by atoms with Crippen LogP contribution in [0.25, 0.3) is 0 Å². The number of hydrogen-bond donors (Lipinski definition) is 3. The highest BCUT2D eigenvalue weighted by molar-refractivity contribution is 5.21. The van der Waals surface area contributed by atoms with Crippen molar-refractivity contribution in [3.05, 3.63) is 35.4 Å². The summed E-state index contributed by atoms with van der Waals surface area (Å²) in [5.41, 5.74) is 1.31. The molecule has 2 atom stereocenters. The topological polar surface area (TPSA) is 61.7 Å². The van der Waals surface area contributed by atoms with E-state index in [4.69, 9.17) is 9.84 Å². The van der Waals surface area contributed by atoms with E-state index >= 15 is 0 Å². The van der Waals surface area contributed by atoms with E-state index in [-0.39, 0.29) is 12.7 Å². The third kappa shape index (κ3) is 3.09. The zero-order valence-electron chi connectivity index (χ0n) is 10.7. The number of aliphatic hydroxyl groups excluding tert-OH is 1. The Balaban J connectivity index is 1.81. The van der Waals surface area contributed by atoms with Crippen molar-refractivity contribution in [1.82, 2.24) is 5.32 Å². The van der Waals surface area contributed by atoms with E-state index in [0.717, 1.165) is 11.1 Å². The minimum Gasteiger partial charge on any atom is -0.392 e. The van der Waals surface area contributed by atoms with Crippen molar-refractivity contribution < 1.29 is 14.9 Å². The molecule has 4 nitrogen and oxygen atoms in total. The van der Waals surface area contributed by atoms with Gasteiger partial charge >= 0.3 is 0 Å². The van der Waals surface area contributed by atoms with E-state index in [0.29, 0.717) is 26.1 Å². The first kappa shape index (κ1) is 13.5. The molecule has 0 aromatic heterocycles. The summed E-state index contributed by atoms with van der Waals surface area (Å²) < 4.78 is 5.38. The summed E-state index contributed by atoms with van der Waals surface area (Å²) in [4.78, 5) is 0. The van der Waals surface area contributed by atoms with Crippen LogP contribution in [0.1, 0.15) is 24.5 Å². The van der Waals surface area contributed by atoms with Crippen molar-refractivity contribution in [2.24, 2.45) is 0 Å². The van der Waals surface area contributed by atoms with Crippen LogP contribution in [0.5, 0.6) is 0 Å². The Morgan fingerprint density at radius 1 is 1.33 bits per heavy atom. The second kappa shape index (κ2) is 5.80. The van der Waals surface area contributed by atoms with E-state index in [1.54, 1.807) is 0 Å². The van der Waals surface area contributed by atoms with Gasteiger partial charge in [-0.1, -0.05) is 24.3 Å². The highest BCUT2D eigenvalue weighted by Gasteiger charge is 2.38. The first-order valence-electron chi connectivity index (χ1n) is 6.37. The summed E-state index contributed by atoms with van der Waals surface area (Å²) in [6.45, 7) is 3.86.